The van der Waals surface area contributed by atoms with Crippen LogP contribution in [0.2, 0.25) is 0 Å². The van der Waals surface area contributed by atoms with Gasteiger partial charge in [0.05, 0.1) is 0 Å². The second-order valence-electron chi connectivity index (χ2n) is 5.37. The Morgan fingerprint density at radius 1 is 1.25 bits per heavy atom. The van der Waals surface area contributed by atoms with Crippen LogP contribution in [-0.2, 0) is 16.0 Å². The van der Waals surface area contributed by atoms with Crippen molar-refractivity contribution in [2.24, 2.45) is 0 Å². The highest BCUT2D eigenvalue weighted by molar-refractivity contribution is 6.04. The predicted octanol–water partition coefficient (Wildman–Crippen LogP) is 1.49. The molecule has 1 aromatic rings. The minimum Gasteiger partial charge on any atom is -0.508 e. The summed E-state index contributed by atoms with van der Waals surface area (Å²) in [6, 6.07) is 5.08. The molecule has 4 nitrogen and oxygen atoms in total. The first kappa shape index (κ1) is 11.5. The number of phenols is 1. The van der Waals surface area contributed by atoms with Crippen molar-refractivity contribution in [1.82, 2.24) is 0 Å². The van der Waals surface area contributed by atoms with Crippen LogP contribution in [0.25, 0.3) is 5.57 Å². The Hall–Kier alpha value is -2.33. The van der Waals surface area contributed by atoms with E-state index in [0.717, 1.165) is 22.3 Å². The number of phenolic OH excluding ortho intramolecular Hbond substituents is 1. The van der Waals surface area contributed by atoms with Crippen LogP contribution >= 0.6 is 0 Å². The van der Waals surface area contributed by atoms with Gasteiger partial charge in [-0.15, -0.1) is 0 Å². The van der Waals surface area contributed by atoms with E-state index in [4.69, 9.17) is 4.74 Å². The molecule has 1 heterocycles. The minimum absolute atomic E-state index is 0.112. The second kappa shape index (κ2) is 3.61. The lowest BCUT2D eigenvalue weighted by molar-refractivity contribution is -0.110. The zero-order valence-corrected chi connectivity index (χ0v) is 10.6. The number of allylic oxidation sites excluding steroid dienone is 3. The van der Waals surface area contributed by atoms with Gasteiger partial charge in [0.2, 0.25) is 0 Å². The number of hydrogen-bond donors (Lipinski definition) is 2. The van der Waals surface area contributed by atoms with E-state index in [9.17, 15) is 15.0 Å². The molecule has 0 aromatic heterocycles. The summed E-state index contributed by atoms with van der Waals surface area (Å²) in [5.74, 6) is 0.583. The van der Waals surface area contributed by atoms with Crippen LogP contribution < -0.4 is 0 Å². The summed E-state index contributed by atoms with van der Waals surface area (Å²) >= 11 is 0. The zero-order chi connectivity index (χ0) is 13.9. The summed E-state index contributed by atoms with van der Waals surface area (Å²) in [5, 5.41) is 20.4. The average Bonchev–Trinajstić information content (AvgIpc) is 2.70. The number of fused-ring (bicyclic) bond motifs is 4. The molecule has 1 aliphatic heterocycles. The largest absolute Gasteiger partial charge is 0.508 e. The average molecular weight is 268 g/mol. The van der Waals surface area contributed by atoms with Crippen molar-refractivity contribution in [3.8, 4) is 5.75 Å². The molecular formula is C16H12O4. The first-order valence-corrected chi connectivity index (χ1v) is 6.43. The normalized spacial score (nSPS) is 26.6. The van der Waals surface area contributed by atoms with Crippen molar-refractivity contribution >= 4 is 11.4 Å². The molecule has 100 valence electrons. The maximum atomic E-state index is 11.4. The molecule has 0 radical (unpaired) electrons. The van der Waals surface area contributed by atoms with Crippen LogP contribution in [0.3, 0.4) is 0 Å². The standard InChI is InChI=1S/C16H12O4/c17-10-1-3-12-9(5-10)7-16(19)8-20-14-6-11(18)2-4-13(14)15(12)16/h1-6,17,19H,7-8H2/t16-/m1/s1. The predicted molar refractivity (Wildman–Crippen MR) is 71.9 cm³/mol. The number of rotatable bonds is 0. The van der Waals surface area contributed by atoms with Crippen molar-refractivity contribution in [1.29, 1.82) is 0 Å². The Bertz CT molecular complexity index is 739. The van der Waals surface area contributed by atoms with Gasteiger partial charge in [0.15, 0.2) is 5.78 Å². The van der Waals surface area contributed by atoms with Crippen LogP contribution in [0, 0.1) is 0 Å². The molecule has 3 aliphatic rings. The van der Waals surface area contributed by atoms with E-state index < -0.39 is 5.60 Å². The van der Waals surface area contributed by atoms with E-state index in [1.54, 1.807) is 24.3 Å². The molecule has 0 amide bonds. The number of aliphatic hydroxyl groups is 1. The number of aromatic hydroxyl groups is 1. The number of carbonyl (C=O) groups excluding carboxylic acids is 1. The lowest BCUT2D eigenvalue weighted by atomic mass is 9.86. The van der Waals surface area contributed by atoms with Gasteiger partial charge >= 0.3 is 0 Å². The van der Waals surface area contributed by atoms with Crippen LogP contribution in [0.15, 0.2) is 47.8 Å². The first-order valence-electron chi connectivity index (χ1n) is 6.43. The van der Waals surface area contributed by atoms with Gasteiger partial charge in [-0.05, 0) is 35.4 Å². The van der Waals surface area contributed by atoms with Crippen LogP contribution in [0.4, 0.5) is 0 Å². The number of benzene rings is 1. The van der Waals surface area contributed by atoms with Gasteiger partial charge in [-0.2, -0.15) is 0 Å². The molecule has 1 aromatic carbocycles. The third-order valence-corrected chi connectivity index (χ3v) is 4.00. The van der Waals surface area contributed by atoms with Crippen molar-refractivity contribution in [2.75, 3.05) is 6.61 Å². The van der Waals surface area contributed by atoms with E-state index in [1.807, 2.05) is 0 Å². The summed E-state index contributed by atoms with van der Waals surface area (Å²) in [7, 11) is 0. The van der Waals surface area contributed by atoms with Crippen LogP contribution in [0.1, 0.15) is 11.1 Å². The van der Waals surface area contributed by atoms with Crippen molar-refractivity contribution < 1.29 is 19.7 Å². The molecule has 0 fully saturated rings. The molecule has 0 saturated carbocycles. The van der Waals surface area contributed by atoms with Crippen molar-refractivity contribution in [3.63, 3.8) is 0 Å². The van der Waals surface area contributed by atoms with E-state index in [1.165, 1.54) is 12.2 Å². The molecular weight excluding hydrogens is 256 g/mol. The molecule has 0 spiro atoms. The number of ether oxygens (including phenoxy) is 1. The highest BCUT2D eigenvalue weighted by Crippen LogP contribution is 2.48. The van der Waals surface area contributed by atoms with E-state index in [2.05, 4.69) is 0 Å². The molecule has 1 atom stereocenters. The smallest absolute Gasteiger partial charge is 0.182 e. The fourth-order valence-corrected chi connectivity index (χ4v) is 3.17. The maximum absolute atomic E-state index is 11.4. The summed E-state index contributed by atoms with van der Waals surface area (Å²) in [6.07, 6.45) is 5.02. The second-order valence-corrected chi connectivity index (χ2v) is 5.37. The summed E-state index contributed by atoms with van der Waals surface area (Å²) in [5.41, 5.74) is 2.25. The van der Waals surface area contributed by atoms with Gasteiger partial charge < -0.3 is 14.9 Å². The molecule has 0 bridgehead atoms. The lowest BCUT2D eigenvalue weighted by Gasteiger charge is -2.33. The summed E-state index contributed by atoms with van der Waals surface area (Å²) in [4.78, 5) is 11.4. The zero-order valence-electron chi connectivity index (χ0n) is 10.6. The molecule has 2 N–H and O–H groups in total. The SMILES string of the molecule is O=C1C=CC2=C3c4ccc(O)cc4C[C@@]3(O)COC2=C1. The third-order valence-electron chi connectivity index (χ3n) is 4.00. The van der Waals surface area contributed by atoms with Crippen LogP contribution in [0.5, 0.6) is 5.75 Å². The summed E-state index contributed by atoms with van der Waals surface area (Å²) < 4.78 is 5.55. The van der Waals surface area contributed by atoms with Gasteiger partial charge in [0.25, 0.3) is 0 Å². The van der Waals surface area contributed by atoms with Gasteiger partial charge in [0.1, 0.15) is 23.7 Å². The number of hydrogen-bond acceptors (Lipinski definition) is 4. The Morgan fingerprint density at radius 2 is 2.10 bits per heavy atom. The number of ketones is 1. The van der Waals surface area contributed by atoms with Crippen LogP contribution in [-0.4, -0.2) is 28.2 Å². The Labute approximate surface area is 115 Å². The van der Waals surface area contributed by atoms with Crippen molar-refractivity contribution in [2.45, 2.75) is 12.0 Å². The molecule has 2 aliphatic carbocycles. The fraction of sp³-hybridized carbons (Fsp3) is 0.188. The highest BCUT2D eigenvalue weighted by Gasteiger charge is 2.46. The molecule has 4 rings (SSSR count). The number of carbonyl (C=O) groups is 1. The van der Waals surface area contributed by atoms with E-state index >= 15 is 0 Å². The molecule has 20 heavy (non-hydrogen) atoms. The maximum Gasteiger partial charge on any atom is 0.182 e. The van der Waals surface area contributed by atoms with Gasteiger partial charge in [-0.3, -0.25) is 4.79 Å². The van der Waals surface area contributed by atoms with E-state index in [-0.39, 0.29) is 18.1 Å². The minimum atomic E-state index is -1.09. The summed E-state index contributed by atoms with van der Waals surface area (Å²) in [6.45, 7) is 0.119. The molecule has 0 saturated heterocycles. The van der Waals surface area contributed by atoms with Gasteiger partial charge in [-0.1, -0.05) is 6.07 Å². The van der Waals surface area contributed by atoms with Crippen molar-refractivity contribution in [3.05, 3.63) is 58.9 Å². The Kier molecular flexibility index (Phi) is 2.07. The lowest BCUT2D eigenvalue weighted by Crippen LogP contribution is -2.38. The first-order chi connectivity index (χ1) is 9.57. The van der Waals surface area contributed by atoms with E-state index in [0.29, 0.717) is 12.2 Å². The fourth-order valence-electron chi connectivity index (χ4n) is 3.17. The van der Waals surface area contributed by atoms with Gasteiger partial charge in [-0.25, -0.2) is 0 Å². The van der Waals surface area contributed by atoms with Gasteiger partial charge in [0, 0.05) is 23.6 Å². The Balaban J connectivity index is 2.00. The third kappa shape index (κ3) is 1.42. The Morgan fingerprint density at radius 3 is 2.95 bits per heavy atom. The highest BCUT2D eigenvalue weighted by atomic mass is 16.5. The quantitative estimate of drug-likeness (QED) is 0.748. The monoisotopic (exact) mass is 268 g/mol. The molecule has 4 heteroatoms. The topological polar surface area (TPSA) is 66.8 Å². The molecule has 0 unspecified atom stereocenters.